The molecular formula is C10H6Cl2O2. The zero-order chi connectivity index (χ0) is 10.6. The number of hydrogen-bond acceptors (Lipinski definition) is 1. The number of aromatic carboxylic acids is 1. The fourth-order valence-electron chi connectivity index (χ4n) is 0.922. The Bertz CT molecular complexity index is 416. The first-order chi connectivity index (χ1) is 6.66. The van der Waals surface area contributed by atoms with Gasteiger partial charge in [-0.05, 0) is 12.1 Å². The second-order valence-corrected chi connectivity index (χ2v) is 3.05. The van der Waals surface area contributed by atoms with E-state index in [1.807, 2.05) is 0 Å². The molecule has 0 aliphatic heterocycles. The third-order valence-electron chi connectivity index (χ3n) is 1.52. The quantitative estimate of drug-likeness (QED) is 0.593. The van der Waals surface area contributed by atoms with Crippen molar-refractivity contribution in [2.75, 3.05) is 5.88 Å². The monoisotopic (exact) mass is 228 g/mol. The summed E-state index contributed by atoms with van der Waals surface area (Å²) >= 11 is 11.2. The van der Waals surface area contributed by atoms with Crippen molar-refractivity contribution in [3.05, 3.63) is 34.3 Å². The molecule has 0 unspecified atom stereocenters. The van der Waals surface area contributed by atoms with E-state index >= 15 is 0 Å². The van der Waals surface area contributed by atoms with Crippen LogP contribution in [-0.4, -0.2) is 17.0 Å². The lowest BCUT2D eigenvalue weighted by Crippen LogP contribution is -1.98. The topological polar surface area (TPSA) is 37.3 Å². The zero-order valence-corrected chi connectivity index (χ0v) is 8.56. The summed E-state index contributed by atoms with van der Waals surface area (Å²) in [5.74, 6) is 4.41. The van der Waals surface area contributed by atoms with E-state index in [1.165, 1.54) is 6.07 Å². The number of carboxylic acid groups (broad SMARTS) is 1. The lowest BCUT2D eigenvalue weighted by Gasteiger charge is -1.99. The highest BCUT2D eigenvalue weighted by atomic mass is 35.5. The summed E-state index contributed by atoms with van der Waals surface area (Å²) in [5, 5.41) is 8.91. The molecule has 0 aliphatic carbocycles. The molecule has 0 aromatic heterocycles. The smallest absolute Gasteiger partial charge is 0.337 e. The number of rotatable bonds is 1. The first-order valence-corrected chi connectivity index (χ1v) is 4.64. The van der Waals surface area contributed by atoms with Gasteiger partial charge in [0.2, 0.25) is 0 Å². The van der Waals surface area contributed by atoms with Crippen LogP contribution < -0.4 is 0 Å². The average molecular weight is 229 g/mol. The van der Waals surface area contributed by atoms with E-state index in [0.717, 1.165) is 0 Å². The van der Waals surface area contributed by atoms with E-state index in [4.69, 9.17) is 28.3 Å². The molecule has 0 saturated heterocycles. The summed E-state index contributed by atoms with van der Waals surface area (Å²) < 4.78 is 0. The summed E-state index contributed by atoms with van der Waals surface area (Å²) in [6.45, 7) is 0. The highest BCUT2D eigenvalue weighted by molar-refractivity contribution is 6.34. The van der Waals surface area contributed by atoms with Crippen molar-refractivity contribution in [3.8, 4) is 11.8 Å². The van der Waals surface area contributed by atoms with Gasteiger partial charge in [0.1, 0.15) is 0 Å². The van der Waals surface area contributed by atoms with Crippen LogP contribution in [-0.2, 0) is 0 Å². The third-order valence-corrected chi connectivity index (χ3v) is 2.06. The Balaban J connectivity index is 3.20. The molecule has 14 heavy (non-hydrogen) atoms. The van der Waals surface area contributed by atoms with Gasteiger partial charge in [0.15, 0.2) is 0 Å². The molecule has 72 valence electrons. The molecule has 0 bridgehead atoms. The maximum Gasteiger partial charge on any atom is 0.337 e. The first kappa shape index (κ1) is 10.9. The number of hydrogen-bond donors (Lipinski definition) is 1. The summed E-state index contributed by atoms with van der Waals surface area (Å²) in [7, 11) is 0. The van der Waals surface area contributed by atoms with Crippen molar-refractivity contribution in [3.63, 3.8) is 0 Å². The molecule has 0 aliphatic rings. The standard InChI is InChI=1S/C10H6Cl2O2/c11-6-2-4-7-3-1-5-8(9(7)12)10(13)14/h1,3,5H,6H2,(H,13,14). The maximum atomic E-state index is 10.7. The molecule has 0 fully saturated rings. The summed E-state index contributed by atoms with van der Waals surface area (Å²) in [4.78, 5) is 10.7. The van der Waals surface area contributed by atoms with Crippen LogP contribution in [0.1, 0.15) is 15.9 Å². The van der Waals surface area contributed by atoms with Crippen LogP contribution in [0.25, 0.3) is 0 Å². The fraction of sp³-hybridized carbons (Fsp3) is 0.100. The van der Waals surface area contributed by atoms with Gasteiger partial charge in [-0.1, -0.05) is 29.5 Å². The van der Waals surface area contributed by atoms with Crippen LogP contribution in [0.4, 0.5) is 0 Å². The maximum absolute atomic E-state index is 10.7. The van der Waals surface area contributed by atoms with Gasteiger partial charge in [0.05, 0.1) is 16.5 Å². The number of halogens is 2. The summed E-state index contributed by atoms with van der Waals surface area (Å²) in [5.41, 5.74) is 0.528. The molecule has 1 rings (SSSR count). The molecular weight excluding hydrogens is 223 g/mol. The van der Waals surface area contributed by atoms with Crippen molar-refractivity contribution in [1.29, 1.82) is 0 Å². The van der Waals surface area contributed by atoms with Crippen molar-refractivity contribution < 1.29 is 9.90 Å². The molecule has 0 amide bonds. The molecule has 2 nitrogen and oxygen atoms in total. The largest absolute Gasteiger partial charge is 0.478 e. The minimum atomic E-state index is -1.07. The van der Waals surface area contributed by atoms with Crippen molar-refractivity contribution in [2.45, 2.75) is 0 Å². The third kappa shape index (κ3) is 2.41. The Morgan fingerprint density at radius 1 is 1.50 bits per heavy atom. The molecule has 0 atom stereocenters. The van der Waals surface area contributed by atoms with Crippen LogP contribution in [0, 0.1) is 11.8 Å². The van der Waals surface area contributed by atoms with E-state index < -0.39 is 5.97 Å². The molecule has 0 radical (unpaired) electrons. The molecule has 0 heterocycles. The van der Waals surface area contributed by atoms with E-state index in [9.17, 15) is 4.79 Å². The van der Waals surface area contributed by atoms with Crippen LogP contribution in [0.3, 0.4) is 0 Å². The second-order valence-electron chi connectivity index (χ2n) is 2.41. The van der Waals surface area contributed by atoms with Crippen molar-refractivity contribution in [2.24, 2.45) is 0 Å². The SMILES string of the molecule is O=C(O)c1cccc(C#CCCl)c1Cl. The van der Waals surface area contributed by atoms with E-state index in [2.05, 4.69) is 11.8 Å². The second kappa shape index (κ2) is 4.90. The lowest BCUT2D eigenvalue weighted by molar-refractivity contribution is 0.0697. The molecule has 0 saturated carbocycles. The van der Waals surface area contributed by atoms with Crippen molar-refractivity contribution >= 4 is 29.2 Å². The molecule has 1 N–H and O–H groups in total. The Morgan fingerprint density at radius 2 is 2.21 bits per heavy atom. The fourth-order valence-corrected chi connectivity index (χ4v) is 1.24. The Kier molecular flexibility index (Phi) is 3.82. The number of alkyl halides is 1. The van der Waals surface area contributed by atoms with Gasteiger partial charge < -0.3 is 5.11 Å². The van der Waals surface area contributed by atoms with Gasteiger partial charge in [-0.25, -0.2) is 4.79 Å². The minimum absolute atomic E-state index is 0.0491. The Morgan fingerprint density at radius 3 is 2.79 bits per heavy atom. The predicted octanol–water partition coefficient (Wildman–Crippen LogP) is 2.63. The highest BCUT2D eigenvalue weighted by Gasteiger charge is 2.10. The van der Waals surface area contributed by atoms with Crippen LogP contribution in [0.5, 0.6) is 0 Å². The lowest BCUT2D eigenvalue weighted by atomic mass is 10.1. The predicted molar refractivity (Wildman–Crippen MR) is 56.0 cm³/mol. The molecule has 1 aromatic carbocycles. The average Bonchev–Trinajstić information content (AvgIpc) is 2.16. The summed E-state index contributed by atoms with van der Waals surface area (Å²) in [6.07, 6.45) is 0. The number of benzene rings is 1. The number of carbonyl (C=O) groups is 1. The van der Waals surface area contributed by atoms with Crippen molar-refractivity contribution in [1.82, 2.24) is 0 Å². The van der Waals surface area contributed by atoms with Gasteiger partial charge in [-0.3, -0.25) is 0 Å². The van der Waals surface area contributed by atoms with Crippen LogP contribution >= 0.6 is 23.2 Å². The minimum Gasteiger partial charge on any atom is -0.478 e. The van der Waals surface area contributed by atoms with Gasteiger partial charge in [-0.2, -0.15) is 0 Å². The normalized spacial score (nSPS) is 9.00. The molecule has 4 heteroatoms. The van der Waals surface area contributed by atoms with Gasteiger partial charge in [-0.15, -0.1) is 11.6 Å². The molecule has 0 spiro atoms. The van der Waals surface area contributed by atoms with E-state index in [0.29, 0.717) is 5.56 Å². The Labute approximate surface area is 91.5 Å². The van der Waals surface area contributed by atoms with E-state index in [-0.39, 0.29) is 16.5 Å². The molecule has 1 aromatic rings. The van der Waals surface area contributed by atoms with Crippen LogP contribution in [0.2, 0.25) is 5.02 Å². The van der Waals surface area contributed by atoms with Gasteiger partial charge >= 0.3 is 5.97 Å². The van der Waals surface area contributed by atoms with Gasteiger partial charge in [0.25, 0.3) is 0 Å². The van der Waals surface area contributed by atoms with Crippen LogP contribution in [0.15, 0.2) is 18.2 Å². The van der Waals surface area contributed by atoms with E-state index in [1.54, 1.807) is 12.1 Å². The zero-order valence-electron chi connectivity index (χ0n) is 7.05. The van der Waals surface area contributed by atoms with Gasteiger partial charge in [0, 0.05) is 5.56 Å². The Hall–Kier alpha value is -1.17. The first-order valence-electron chi connectivity index (χ1n) is 3.73. The number of carboxylic acids is 1. The summed E-state index contributed by atoms with van der Waals surface area (Å²) in [6, 6.07) is 4.67. The highest BCUT2D eigenvalue weighted by Crippen LogP contribution is 2.20.